The van der Waals surface area contributed by atoms with Gasteiger partial charge < -0.3 is 19.8 Å². The van der Waals surface area contributed by atoms with Crippen LogP contribution < -0.4 is 0 Å². The Hall–Kier alpha value is -0.500. The number of aliphatic hydroxyl groups excluding tert-OH is 1. The van der Waals surface area contributed by atoms with Gasteiger partial charge in [0.15, 0.2) is 0 Å². The molecular formula is C20H36N4OS. The monoisotopic (exact) mass is 380 g/mol. The van der Waals surface area contributed by atoms with Crippen LogP contribution in [0.5, 0.6) is 0 Å². The van der Waals surface area contributed by atoms with Gasteiger partial charge in [-0.2, -0.15) is 0 Å². The number of aliphatic hydroxyl groups is 1. The molecule has 3 heterocycles. The number of hydrogen-bond donors (Lipinski definition) is 1. The first-order valence-electron chi connectivity index (χ1n) is 9.98. The molecule has 2 atom stereocenters. The summed E-state index contributed by atoms with van der Waals surface area (Å²) in [4.78, 5) is 11.3. The summed E-state index contributed by atoms with van der Waals surface area (Å²) < 4.78 is 0. The van der Waals surface area contributed by atoms with Gasteiger partial charge in [0.25, 0.3) is 0 Å². The van der Waals surface area contributed by atoms with E-state index in [0.29, 0.717) is 18.4 Å². The van der Waals surface area contributed by atoms with Gasteiger partial charge in [-0.3, -0.25) is 4.90 Å². The lowest BCUT2D eigenvalue weighted by molar-refractivity contribution is 0.165. The van der Waals surface area contributed by atoms with Gasteiger partial charge in [-0.15, -0.1) is 11.3 Å². The predicted octanol–water partition coefficient (Wildman–Crippen LogP) is 1.49. The molecule has 0 spiro atoms. The molecule has 0 aliphatic carbocycles. The molecule has 0 bridgehead atoms. The van der Waals surface area contributed by atoms with Gasteiger partial charge in [-0.05, 0) is 69.5 Å². The molecule has 1 N–H and O–H groups in total. The van der Waals surface area contributed by atoms with Crippen molar-refractivity contribution >= 4 is 11.3 Å². The van der Waals surface area contributed by atoms with E-state index in [2.05, 4.69) is 52.2 Å². The Balaban J connectivity index is 1.52. The zero-order chi connectivity index (χ0) is 18.5. The molecule has 3 rings (SSSR count). The second-order valence-corrected chi connectivity index (χ2v) is 9.51. The van der Waals surface area contributed by atoms with Crippen molar-refractivity contribution in [3.8, 4) is 0 Å². The molecule has 1 aromatic rings. The van der Waals surface area contributed by atoms with Crippen LogP contribution in [0.25, 0.3) is 0 Å². The summed E-state index contributed by atoms with van der Waals surface area (Å²) in [7, 11) is 6.46. The third-order valence-corrected chi connectivity index (χ3v) is 6.75. The lowest BCUT2D eigenvalue weighted by Gasteiger charge is -2.26. The fraction of sp³-hybridized carbons (Fsp3) is 0.800. The summed E-state index contributed by atoms with van der Waals surface area (Å²) in [6, 6.07) is 2.36. The summed E-state index contributed by atoms with van der Waals surface area (Å²) in [6.07, 6.45) is 1.26. The summed E-state index contributed by atoms with van der Waals surface area (Å²) >= 11 is 1.88. The molecule has 2 aliphatic rings. The average Bonchev–Trinajstić information content (AvgIpc) is 3.12. The first-order valence-corrected chi connectivity index (χ1v) is 10.9. The number of nitrogens with zero attached hydrogens (tertiary/aromatic N) is 4. The third-order valence-electron chi connectivity index (χ3n) is 5.78. The average molecular weight is 381 g/mol. The van der Waals surface area contributed by atoms with Crippen molar-refractivity contribution in [3.63, 3.8) is 0 Å². The molecule has 148 valence electrons. The minimum atomic E-state index is 0.325. The molecular weight excluding hydrogens is 344 g/mol. The highest BCUT2D eigenvalue weighted by Gasteiger charge is 2.33. The Labute approximate surface area is 163 Å². The van der Waals surface area contributed by atoms with Crippen molar-refractivity contribution in [1.82, 2.24) is 19.6 Å². The van der Waals surface area contributed by atoms with Crippen LogP contribution in [0.1, 0.15) is 16.9 Å². The van der Waals surface area contributed by atoms with Gasteiger partial charge in [-0.25, -0.2) is 0 Å². The van der Waals surface area contributed by atoms with Gasteiger partial charge in [0.1, 0.15) is 0 Å². The van der Waals surface area contributed by atoms with Crippen molar-refractivity contribution in [3.05, 3.63) is 21.9 Å². The zero-order valence-electron chi connectivity index (χ0n) is 16.7. The van der Waals surface area contributed by atoms with Crippen molar-refractivity contribution in [2.75, 3.05) is 73.6 Å². The van der Waals surface area contributed by atoms with E-state index in [1.54, 1.807) is 0 Å². The third kappa shape index (κ3) is 5.75. The van der Waals surface area contributed by atoms with Crippen molar-refractivity contribution in [1.29, 1.82) is 0 Å². The van der Waals surface area contributed by atoms with Crippen LogP contribution in [-0.2, 0) is 13.1 Å². The standard InChI is InChI=1S/C20H36N4OS/c1-21(2)10-17-9-20(26-16-17)14-24-12-18(19(13-24)15-25)11-23-6-4-5-22(3)7-8-23/h9,16,18-19,25H,4-8,10-15H2,1-3H3/t18-,19-/m0/s1. The summed E-state index contributed by atoms with van der Waals surface area (Å²) in [6.45, 7) is 10.4. The Bertz CT molecular complexity index is 550. The molecule has 2 aliphatic heterocycles. The molecule has 0 amide bonds. The second kappa shape index (κ2) is 9.62. The number of likely N-dealkylation sites (tertiary alicyclic amines) is 1. The molecule has 1 aromatic heterocycles. The molecule has 2 saturated heterocycles. The van der Waals surface area contributed by atoms with Crippen LogP contribution in [-0.4, -0.2) is 98.3 Å². The van der Waals surface area contributed by atoms with Crippen LogP contribution in [0.2, 0.25) is 0 Å². The normalized spacial score (nSPS) is 26.7. The SMILES string of the molecule is CN(C)Cc1csc(CN2C[C@@H](CO)[C@@H](CN3CCCN(C)CC3)C2)c1. The van der Waals surface area contributed by atoms with Crippen LogP contribution in [0, 0.1) is 11.8 Å². The highest BCUT2D eigenvalue weighted by molar-refractivity contribution is 7.10. The maximum Gasteiger partial charge on any atom is 0.0475 e. The van der Waals surface area contributed by atoms with E-state index in [4.69, 9.17) is 0 Å². The number of thiophene rings is 1. The molecule has 5 nitrogen and oxygen atoms in total. The smallest absolute Gasteiger partial charge is 0.0475 e. The van der Waals surface area contributed by atoms with Gasteiger partial charge in [0.2, 0.25) is 0 Å². The number of rotatable bonds is 7. The molecule has 26 heavy (non-hydrogen) atoms. The van der Waals surface area contributed by atoms with E-state index in [9.17, 15) is 5.11 Å². The van der Waals surface area contributed by atoms with Gasteiger partial charge in [-0.1, -0.05) is 0 Å². The van der Waals surface area contributed by atoms with E-state index in [1.807, 2.05) is 11.3 Å². The Morgan fingerprint density at radius 1 is 1.12 bits per heavy atom. The van der Waals surface area contributed by atoms with E-state index < -0.39 is 0 Å². The molecule has 6 heteroatoms. The Kier molecular flexibility index (Phi) is 7.49. The predicted molar refractivity (Wildman–Crippen MR) is 110 cm³/mol. The summed E-state index contributed by atoms with van der Waals surface area (Å²) in [5.41, 5.74) is 1.41. The van der Waals surface area contributed by atoms with Crippen molar-refractivity contribution < 1.29 is 5.11 Å². The maximum absolute atomic E-state index is 9.89. The molecule has 2 fully saturated rings. The first kappa shape index (κ1) is 20.2. The topological polar surface area (TPSA) is 33.2 Å². The Morgan fingerprint density at radius 3 is 2.69 bits per heavy atom. The van der Waals surface area contributed by atoms with Crippen molar-refractivity contribution in [2.45, 2.75) is 19.5 Å². The highest BCUT2D eigenvalue weighted by Crippen LogP contribution is 2.27. The molecule has 0 saturated carbocycles. The van der Waals surface area contributed by atoms with Gasteiger partial charge in [0.05, 0.1) is 0 Å². The Morgan fingerprint density at radius 2 is 1.92 bits per heavy atom. The minimum Gasteiger partial charge on any atom is -0.396 e. The fourth-order valence-electron chi connectivity index (χ4n) is 4.37. The lowest BCUT2D eigenvalue weighted by Crippen LogP contribution is -2.36. The molecule has 0 aromatic carbocycles. The van der Waals surface area contributed by atoms with Crippen LogP contribution in [0.3, 0.4) is 0 Å². The van der Waals surface area contributed by atoms with Crippen LogP contribution in [0.4, 0.5) is 0 Å². The molecule has 0 radical (unpaired) electrons. The largest absolute Gasteiger partial charge is 0.396 e. The minimum absolute atomic E-state index is 0.325. The quantitative estimate of drug-likeness (QED) is 0.775. The number of hydrogen-bond acceptors (Lipinski definition) is 6. The highest BCUT2D eigenvalue weighted by atomic mass is 32.1. The summed E-state index contributed by atoms with van der Waals surface area (Å²) in [5, 5.41) is 12.2. The fourth-order valence-corrected chi connectivity index (χ4v) is 5.29. The second-order valence-electron chi connectivity index (χ2n) is 8.51. The van der Waals surface area contributed by atoms with E-state index >= 15 is 0 Å². The van der Waals surface area contributed by atoms with E-state index in [1.165, 1.54) is 43.0 Å². The van der Waals surface area contributed by atoms with Gasteiger partial charge in [0, 0.05) is 57.3 Å². The summed E-state index contributed by atoms with van der Waals surface area (Å²) in [5.74, 6) is 1.03. The van der Waals surface area contributed by atoms with E-state index in [0.717, 1.165) is 32.7 Å². The maximum atomic E-state index is 9.89. The first-order chi connectivity index (χ1) is 12.5. The van der Waals surface area contributed by atoms with Gasteiger partial charge >= 0.3 is 0 Å². The van der Waals surface area contributed by atoms with E-state index in [-0.39, 0.29) is 0 Å². The zero-order valence-corrected chi connectivity index (χ0v) is 17.5. The van der Waals surface area contributed by atoms with Crippen molar-refractivity contribution in [2.24, 2.45) is 11.8 Å². The van der Waals surface area contributed by atoms with Crippen LogP contribution in [0.15, 0.2) is 11.4 Å². The number of likely N-dealkylation sites (N-methyl/N-ethyl adjacent to an activating group) is 1. The lowest BCUT2D eigenvalue weighted by atomic mass is 9.96. The van der Waals surface area contributed by atoms with Crippen LogP contribution >= 0.6 is 11.3 Å². The molecule has 0 unspecified atom stereocenters.